The second-order valence-corrected chi connectivity index (χ2v) is 14.1. The third-order valence-corrected chi connectivity index (χ3v) is 10.2. The molecule has 2 heterocycles. The van der Waals surface area contributed by atoms with Gasteiger partial charge < -0.3 is 35.0 Å². The monoisotopic (exact) mass is 717 g/mol. The van der Waals surface area contributed by atoms with E-state index in [0.29, 0.717) is 34.9 Å². The van der Waals surface area contributed by atoms with Crippen LogP contribution in [-0.2, 0) is 24.1 Å². The Bertz CT molecular complexity index is 2130. The Balaban J connectivity index is 1.23. The quantitative estimate of drug-likeness (QED) is 0.104. The number of rotatable bonds is 12. The molecule has 0 bridgehead atoms. The van der Waals surface area contributed by atoms with Crippen LogP contribution in [0.2, 0.25) is 0 Å². The smallest absolute Gasteiger partial charge is 0.321 e. The van der Waals surface area contributed by atoms with E-state index in [1.165, 1.54) is 0 Å². The number of carbonyl (C=O) groups excluding carboxylic acids is 1. The largest absolute Gasteiger partial charge is 0.483 e. The van der Waals surface area contributed by atoms with Crippen molar-refractivity contribution in [1.82, 2.24) is 20.0 Å². The first-order valence-electron chi connectivity index (χ1n) is 17.1. The summed E-state index contributed by atoms with van der Waals surface area (Å²) in [5, 5.41) is 31.9. The summed E-state index contributed by atoms with van der Waals surface area (Å²) in [6.07, 6.45) is -2.47. The van der Waals surface area contributed by atoms with Crippen LogP contribution in [0.1, 0.15) is 28.3 Å². The van der Waals surface area contributed by atoms with E-state index >= 15 is 4.79 Å². The van der Waals surface area contributed by atoms with E-state index in [0.717, 1.165) is 22.0 Å². The van der Waals surface area contributed by atoms with Crippen molar-refractivity contribution in [3.05, 3.63) is 156 Å². The summed E-state index contributed by atoms with van der Waals surface area (Å²) < 4.78 is 24.1. The molecule has 1 aromatic heterocycles. The zero-order chi connectivity index (χ0) is 36.0. The Morgan fingerprint density at radius 3 is 2.12 bits per heavy atom. The predicted molar refractivity (Wildman–Crippen MR) is 200 cm³/mol. The number of carbonyl (C=O) groups is 1. The van der Waals surface area contributed by atoms with Crippen molar-refractivity contribution in [2.24, 2.45) is 0 Å². The van der Waals surface area contributed by atoms with Crippen LogP contribution in [0.25, 0.3) is 10.9 Å². The van der Waals surface area contributed by atoms with Crippen LogP contribution in [0, 0.1) is 0 Å². The Labute approximate surface area is 302 Å². The Kier molecular flexibility index (Phi) is 10.5. The molecular weight excluding hydrogens is 677 g/mol. The van der Waals surface area contributed by atoms with Gasteiger partial charge in [-0.25, -0.2) is 4.79 Å². The average Bonchev–Trinajstić information content (AvgIpc) is 3.52. The number of benzene rings is 5. The lowest BCUT2D eigenvalue weighted by atomic mass is 9.90. The van der Waals surface area contributed by atoms with E-state index < -0.39 is 32.3 Å². The van der Waals surface area contributed by atoms with Gasteiger partial charge in [0, 0.05) is 18.5 Å². The summed E-state index contributed by atoms with van der Waals surface area (Å²) in [4.78, 5) is 18.3. The molecular formula is C40H40N5O6P. The van der Waals surface area contributed by atoms with Crippen molar-refractivity contribution in [1.29, 1.82) is 0 Å². The molecule has 0 aliphatic carbocycles. The molecule has 1 aliphatic heterocycles. The van der Waals surface area contributed by atoms with Crippen molar-refractivity contribution >= 4 is 30.8 Å². The number of ether oxygens (including phenoxy) is 1. The third kappa shape index (κ3) is 7.82. The van der Waals surface area contributed by atoms with Crippen LogP contribution >= 0.6 is 8.03 Å². The standard InChI is InChI=1S/C40H40N5O6P/c41-39-33-22-29(19-20-34(33)42-43-39)24-44-35(23-27-11-4-1-5-12-27)37(46)38(47)36(30-14-6-2-7-15-30)45(40(44)48)25-28-13-10-18-32(21-28)50-26-52(49)51-31-16-8-3-9-17-31/h1-22,35-38,46-47,52H,23-26H2,(H3,41,42,43)/t35-,36?,37+,38+/m1/s1. The van der Waals surface area contributed by atoms with Crippen LogP contribution in [0.5, 0.6) is 11.5 Å². The van der Waals surface area contributed by atoms with Crippen molar-refractivity contribution in [2.75, 3.05) is 12.1 Å². The zero-order valence-corrected chi connectivity index (χ0v) is 29.3. The summed E-state index contributed by atoms with van der Waals surface area (Å²) in [5.41, 5.74) is 10.0. The van der Waals surface area contributed by atoms with Crippen LogP contribution in [0.15, 0.2) is 133 Å². The molecule has 7 rings (SSSR count). The molecule has 52 heavy (non-hydrogen) atoms. The van der Waals surface area contributed by atoms with Crippen molar-refractivity contribution in [3.8, 4) is 11.5 Å². The van der Waals surface area contributed by atoms with E-state index in [-0.39, 0.29) is 25.5 Å². The van der Waals surface area contributed by atoms with Gasteiger partial charge in [-0.15, -0.1) is 0 Å². The van der Waals surface area contributed by atoms with E-state index in [4.69, 9.17) is 15.0 Å². The SMILES string of the molecule is Nc1n[nH]c2ccc(CN3C(=O)N(Cc4cccc(OC[PH](=O)Oc5ccccc5)c4)C(c4ccccc4)[C@H](O)[C@@H](O)[C@H]3Cc3ccccc3)cc12. The summed E-state index contributed by atoms with van der Waals surface area (Å²) in [6, 6.07) is 38.6. The molecule has 6 aromatic rings. The average molecular weight is 718 g/mol. The summed E-state index contributed by atoms with van der Waals surface area (Å²) in [6.45, 7) is 0.217. The maximum Gasteiger partial charge on any atom is 0.321 e. The third-order valence-electron chi connectivity index (χ3n) is 9.32. The Hall–Kier alpha value is -5.61. The molecule has 2 unspecified atom stereocenters. The zero-order valence-electron chi connectivity index (χ0n) is 28.3. The number of hydrogen-bond acceptors (Lipinski definition) is 8. The van der Waals surface area contributed by atoms with Gasteiger partial charge in [-0.05, 0) is 65.1 Å². The number of nitrogen functional groups attached to an aromatic ring is 1. The van der Waals surface area contributed by atoms with Crippen molar-refractivity contribution in [3.63, 3.8) is 0 Å². The number of fused-ring (bicyclic) bond motifs is 1. The molecule has 0 radical (unpaired) electrons. The first kappa shape index (κ1) is 34.8. The van der Waals surface area contributed by atoms with Gasteiger partial charge in [-0.1, -0.05) is 97.1 Å². The fourth-order valence-corrected chi connectivity index (χ4v) is 7.51. The first-order chi connectivity index (χ1) is 25.3. The summed E-state index contributed by atoms with van der Waals surface area (Å²) >= 11 is 0. The van der Waals surface area contributed by atoms with Crippen molar-refractivity contribution in [2.45, 2.75) is 43.8 Å². The van der Waals surface area contributed by atoms with Crippen LogP contribution in [-0.4, -0.2) is 60.8 Å². The molecule has 0 saturated carbocycles. The number of aliphatic hydroxyl groups is 2. The maximum absolute atomic E-state index is 15.1. The van der Waals surface area contributed by atoms with Gasteiger partial charge in [-0.2, -0.15) is 5.10 Å². The fraction of sp³-hybridized carbons (Fsp3) is 0.200. The second kappa shape index (κ2) is 15.7. The number of nitrogens with two attached hydrogens (primary N) is 1. The number of hydrogen-bond donors (Lipinski definition) is 4. The molecule has 266 valence electrons. The number of urea groups is 1. The minimum absolute atomic E-state index is 0.0807. The van der Waals surface area contributed by atoms with Gasteiger partial charge in [0.25, 0.3) is 8.03 Å². The molecule has 0 spiro atoms. The number of H-pyrrole nitrogens is 1. The Morgan fingerprint density at radius 1 is 0.731 bits per heavy atom. The fourth-order valence-electron chi connectivity index (χ4n) is 6.77. The molecule has 5 N–H and O–H groups in total. The van der Waals surface area contributed by atoms with E-state index in [1.807, 2.05) is 91.0 Å². The molecule has 11 nitrogen and oxygen atoms in total. The lowest BCUT2D eigenvalue weighted by molar-refractivity contribution is -0.0418. The topological polar surface area (TPSA) is 154 Å². The minimum atomic E-state index is -2.55. The number of aliphatic hydroxyl groups excluding tert-OH is 2. The second-order valence-electron chi connectivity index (χ2n) is 12.8. The maximum atomic E-state index is 15.1. The van der Waals surface area contributed by atoms with Gasteiger partial charge in [0.1, 0.15) is 23.7 Å². The highest BCUT2D eigenvalue weighted by Gasteiger charge is 2.47. The van der Waals surface area contributed by atoms with Crippen LogP contribution in [0.3, 0.4) is 0 Å². The molecule has 5 aromatic carbocycles. The molecule has 12 heteroatoms. The molecule has 1 fully saturated rings. The number of aromatic nitrogens is 2. The molecule has 2 amide bonds. The van der Waals surface area contributed by atoms with E-state index in [9.17, 15) is 14.8 Å². The number of nitrogens with zero attached hydrogens (tertiary/aromatic N) is 3. The highest BCUT2D eigenvalue weighted by Crippen LogP contribution is 2.37. The Morgan fingerprint density at radius 2 is 1.37 bits per heavy atom. The van der Waals surface area contributed by atoms with E-state index in [2.05, 4.69) is 10.2 Å². The van der Waals surface area contributed by atoms with Crippen LogP contribution < -0.4 is 15.0 Å². The summed E-state index contributed by atoms with van der Waals surface area (Å²) in [7, 11) is -2.55. The molecule has 5 atom stereocenters. The van der Waals surface area contributed by atoms with Gasteiger partial charge >= 0.3 is 6.03 Å². The first-order valence-corrected chi connectivity index (χ1v) is 18.6. The minimum Gasteiger partial charge on any atom is -0.483 e. The molecule has 1 aliphatic rings. The van der Waals surface area contributed by atoms with Gasteiger partial charge in [-0.3, -0.25) is 9.66 Å². The summed E-state index contributed by atoms with van der Waals surface area (Å²) in [5.74, 6) is 1.30. The number of aromatic amines is 1. The number of anilines is 1. The lowest BCUT2D eigenvalue weighted by Gasteiger charge is -2.36. The van der Waals surface area contributed by atoms with Crippen LogP contribution in [0.4, 0.5) is 10.6 Å². The number of para-hydroxylation sites is 1. The predicted octanol–water partition coefficient (Wildman–Crippen LogP) is 6.55. The van der Waals surface area contributed by atoms with Crippen molar-refractivity contribution < 1.29 is 28.8 Å². The highest BCUT2D eigenvalue weighted by molar-refractivity contribution is 7.39. The highest BCUT2D eigenvalue weighted by atomic mass is 31.1. The van der Waals surface area contributed by atoms with Gasteiger partial charge in [0.2, 0.25) is 0 Å². The van der Waals surface area contributed by atoms with Gasteiger partial charge in [0.15, 0.2) is 12.2 Å². The van der Waals surface area contributed by atoms with Gasteiger partial charge in [0.05, 0.1) is 17.6 Å². The number of nitrogens with one attached hydrogen (secondary N) is 1. The van der Waals surface area contributed by atoms with E-state index in [1.54, 1.807) is 52.3 Å². The number of amides is 2. The molecule has 1 saturated heterocycles. The lowest BCUT2D eigenvalue weighted by Crippen LogP contribution is -2.50. The normalized spacial score (nSPS) is 19.7.